The second-order valence-electron chi connectivity index (χ2n) is 7.48. The van der Waals surface area contributed by atoms with Gasteiger partial charge in [0.15, 0.2) is 6.61 Å². The first-order valence-corrected chi connectivity index (χ1v) is 9.94. The standard InChI is InChI=1S/C23H25N3O3/c1-16-14-24-21-8-7-18(13-20(16)21)25-23(28)17-9-11-26(12-10-17)22(27)15-29-19-5-3-2-4-6-19/h2-8,13-14,17,24H,9-12,15H2,1H3,(H,25,28). The SMILES string of the molecule is Cc1c[nH]c2ccc(NC(=O)C3CCN(C(=O)COc4ccccc4)CC3)cc12. The number of H-pyrrole nitrogens is 1. The van der Waals surface area contributed by atoms with E-state index in [1.54, 1.807) is 4.90 Å². The van der Waals surface area contributed by atoms with Gasteiger partial charge >= 0.3 is 0 Å². The fourth-order valence-corrected chi connectivity index (χ4v) is 3.73. The number of piperidine rings is 1. The van der Waals surface area contributed by atoms with Gasteiger partial charge in [0.25, 0.3) is 5.91 Å². The molecule has 1 saturated heterocycles. The first-order valence-electron chi connectivity index (χ1n) is 9.94. The van der Waals surface area contributed by atoms with Gasteiger partial charge in [-0.05, 0) is 55.7 Å². The van der Waals surface area contributed by atoms with E-state index in [1.807, 2.05) is 61.7 Å². The summed E-state index contributed by atoms with van der Waals surface area (Å²) in [5.41, 5.74) is 3.02. The number of rotatable bonds is 5. The maximum Gasteiger partial charge on any atom is 0.260 e. The molecule has 150 valence electrons. The summed E-state index contributed by atoms with van der Waals surface area (Å²) in [5, 5.41) is 4.14. The van der Waals surface area contributed by atoms with E-state index in [-0.39, 0.29) is 24.3 Å². The lowest BCUT2D eigenvalue weighted by atomic mass is 9.95. The lowest BCUT2D eigenvalue weighted by molar-refractivity contribution is -0.136. The van der Waals surface area contributed by atoms with E-state index in [1.165, 1.54) is 0 Å². The molecular formula is C23H25N3O3. The number of aryl methyl sites for hydroxylation is 1. The molecule has 0 spiro atoms. The van der Waals surface area contributed by atoms with Crippen LogP contribution in [0.1, 0.15) is 18.4 Å². The average molecular weight is 391 g/mol. The van der Waals surface area contributed by atoms with Gasteiger partial charge < -0.3 is 19.9 Å². The van der Waals surface area contributed by atoms with Crippen molar-refractivity contribution in [1.29, 1.82) is 0 Å². The number of nitrogens with zero attached hydrogens (tertiary/aromatic N) is 1. The topological polar surface area (TPSA) is 74.4 Å². The number of nitrogens with one attached hydrogen (secondary N) is 2. The Bertz CT molecular complexity index is 1000. The summed E-state index contributed by atoms with van der Waals surface area (Å²) in [6.07, 6.45) is 3.28. The third-order valence-corrected chi connectivity index (χ3v) is 5.48. The number of hydrogen-bond acceptors (Lipinski definition) is 3. The normalized spacial score (nSPS) is 14.7. The molecule has 2 heterocycles. The van der Waals surface area contributed by atoms with Crippen LogP contribution in [0.15, 0.2) is 54.7 Å². The molecule has 0 radical (unpaired) electrons. The van der Waals surface area contributed by atoms with E-state index in [0.717, 1.165) is 22.2 Å². The van der Waals surface area contributed by atoms with Crippen LogP contribution in [0.3, 0.4) is 0 Å². The number of carbonyl (C=O) groups is 2. The fourth-order valence-electron chi connectivity index (χ4n) is 3.73. The van der Waals surface area contributed by atoms with Gasteiger partial charge in [-0.15, -0.1) is 0 Å². The van der Waals surface area contributed by atoms with Gasteiger partial charge in [-0.3, -0.25) is 9.59 Å². The van der Waals surface area contributed by atoms with Crippen LogP contribution >= 0.6 is 0 Å². The zero-order valence-electron chi connectivity index (χ0n) is 16.5. The zero-order valence-corrected chi connectivity index (χ0v) is 16.5. The van der Waals surface area contributed by atoms with Gasteiger partial charge in [-0.25, -0.2) is 0 Å². The van der Waals surface area contributed by atoms with Crippen molar-refractivity contribution in [2.24, 2.45) is 5.92 Å². The molecule has 0 saturated carbocycles. The highest BCUT2D eigenvalue weighted by molar-refractivity contribution is 5.96. The first kappa shape index (κ1) is 19.1. The van der Waals surface area contributed by atoms with Crippen molar-refractivity contribution < 1.29 is 14.3 Å². The Hall–Kier alpha value is -3.28. The maximum atomic E-state index is 12.7. The van der Waals surface area contributed by atoms with Crippen molar-refractivity contribution in [3.63, 3.8) is 0 Å². The lowest BCUT2D eigenvalue weighted by Crippen LogP contribution is -2.43. The molecule has 1 aromatic heterocycles. The van der Waals surface area contributed by atoms with Gasteiger partial charge in [-0.2, -0.15) is 0 Å². The molecule has 0 unspecified atom stereocenters. The second-order valence-corrected chi connectivity index (χ2v) is 7.48. The van der Waals surface area contributed by atoms with Crippen molar-refractivity contribution in [2.75, 3.05) is 25.0 Å². The smallest absolute Gasteiger partial charge is 0.260 e. The minimum absolute atomic E-state index is 0.0187. The Morgan fingerprint density at radius 1 is 1.14 bits per heavy atom. The molecule has 6 heteroatoms. The lowest BCUT2D eigenvalue weighted by Gasteiger charge is -2.31. The summed E-state index contributed by atoms with van der Waals surface area (Å²) >= 11 is 0. The number of hydrogen-bond donors (Lipinski definition) is 2. The van der Waals surface area contributed by atoms with E-state index >= 15 is 0 Å². The highest BCUT2D eigenvalue weighted by Crippen LogP contribution is 2.24. The molecule has 29 heavy (non-hydrogen) atoms. The monoisotopic (exact) mass is 391 g/mol. The molecule has 6 nitrogen and oxygen atoms in total. The molecule has 2 N–H and O–H groups in total. The van der Waals surface area contributed by atoms with Crippen molar-refractivity contribution in [3.05, 3.63) is 60.3 Å². The van der Waals surface area contributed by atoms with Crippen LogP contribution in [0.25, 0.3) is 10.9 Å². The van der Waals surface area contributed by atoms with Crippen LogP contribution in [-0.4, -0.2) is 41.4 Å². The maximum absolute atomic E-state index is 12.7. The zero-order chi connectivity index (χ0) is 20.2. The highest BCUT2D eigenvalue weighted by atomic mass is 16.5. The van der Waals surface area contributed by atoms with E-state index in [9.17, 15) is 9.59 Å². The number of carbonyl (C=O) groups excluding carboxylic acids is 2. The summed E-state index contributed by atoms with van der Waals surface area (Å²) in [6.45, 7) is 3.21. The van der Waals surface area contributed by atoms with Gasteiger partial charge in [0.1, 0.15) is 5.75 Å². The van der Waals surface area contributed by atoms with Crippen molar-refractivity contribution in [3.8, 4) is 5.75 Å². The Kier molecular flexibility index (Phi) is 5.51. The van der Waals surface area contributed by atoms with Crippen molar-refractivity contribution >= 4 is 28.4 Å². The minimum Gasteiger partial charge on any atom is -0.484 e. The van der Waals surface area contributed by atoms with Crippen LogP contribution in [0.2, 0.25) is 0 Å². The molecule has 1 aliphatic heterocycles. The molecule has 3 aromatic rings. The summed E-state index contributed by atoms with van der Waals surface area (Å²) in [4.78, 5) is 30.0. The van der Waals surface area contributed by atoms with E-state index in [2.05, 4.69) is 10.3 Å². The molecule has 0 bridgehead atoms. The summed E-state index contributed by atoms with van der Waals surface area (Å²) in [7, 11) is 0. The first-order chi connectivity index (χ1) is 14.1. The van der Waals surface area contributed by atoms with Gasteiger partial charge in [-0.1, -0.05) is 18.2 Å². The number of para-hydroxylation sites is 1. The van der Waals surface area contributed by atoms with E-state index < -0.39 is 0 Å². The second kappa shape index (κ2) is 8.39. The number of fused-ring (bicyclic) bond motifs is 1. The number of anilines is 1. The van der Waals surface area contributed by atoms with Gasteiger partial charge in [0, 0.05) is 41.8 Å². The number of benzene rings is 2. The Morgan fingerprint density at radius 3 is 2.66 bits per heavy atom. The van der Waals surface area contributed by atoms with Crippen LogP contribution in [0, 0.1) is 12.8 Å². The molecule has 0 atom stereocenters. The predicted molar refractivity (Wildman–Crippen MR) is 113 cm³/mol. The largest absolute Gasteiger partial charge is 0.484 e. The third kappa shape index (κ3) is 4.42. The number of aromatic amines is 1. The average Bonchev–Trinajstić information content (AvgIpc) is 3.13. The highest BCUT2D eigenvalue weighted by Gasteiger charge is 2.27. The number of likely N-dealkylation sites (tertiary alicyclic amines) is 1. The van der Waals surface area contributed by atoms with Crippen molar-refractivity contribution in [2.45, 2.75) is 19.8 Å². The number of ether oxygens (including phenoxy) is 1. The Balaban J connectivity index is 1.27. The molecule has 2 amide bonds. The Morgan fingerprint density at radius 2 is 1.90 bits per heavy atom. The number of amides is 2. The van der Waals surface area contributed by atoms with Crippen LogP contribution in [0.4, 0.5) is 5.69 Å². The molecular weight excluding hydrogens is 366 g/mol. The summed E-state index contributed by atoms with van der Waals surface area (Å²) < 4.78 is 5.54. The Labute approximate surface area is 169 Å². The predicted octanol–water partition coefficient (Wildman–Crippen LogP) is 3.73. The van der Waals surface area contributed by atoms with Crippen LogP contribution in [0.5, 0.6) is 5.75 Å². The van der Waals surface area contributed by atoms with E-state index in [4.69, 9.17) is 4.74 Å². The molecule has 1 aliphatic rings. The molecule has 4 rings (SSSR count). The van der Waals surface area contributed by atoms with Crippen LogP contribution < -0.4 is 10.1 Å². The van der Waals surface area contributed by atoms with Gasteiger partial charge in [0.2, 0.25) is 5.91 Å². The molecule has 1 fully saturated rings. The molecule has 0 aliphatic carbocycles. The molecule has 2 aromatic carbocycles. The van der Waals surface area contributed by atoms with Crippen molar-refractivity contribution in [1.82, 2.24) is 9.88 Å². The van der Waals surface area contributed by atoms with E-state index in [0.29, 0.717) is 31.7 Å². The summed E-state index contributed by atoms with van der Waals surface area (Å²) in [6, 6.07) is 15.2. The quantitative estimate of drug-likeness (QED) is 0.696. The van der Waals surface area contributed by atoms with Crippen LogP contribution in [-0.2, 0) is 9.59 Å². The number of aromatic nitrogens is 1. The fraction of sp³-hybridized carbons (Fsp3) is 0.304. The summed E-state index contributed by atoms with van der Waals surface area (Å²) in [5.74, 6) is 0.577. The minimum atomic E-state index is -0.0860. The van der Waals surface area contributed by atoms with Gasteiger partial charge in [0.05, 0.1) is 0 Å². The third-order valence-electron chi connectivity index (χ3n) is 5.48.